The lowest BCUT2D eigenvalue weighted by atomic mass is 9.89. The van der Waals surface area contributed by atoms with Crippen LogP contribution in [-0.4, -0.2) is 19.7 Å². The maximum atomic E-state index is 6.30. The van der Waals surface area contributed by atoms with Crippen LogP contribution in [-0.2, 0) is 4.43 Å². The van der Waals surface area contributed by atoms with E-state index in [9.17, 15) is 0 Å². The summed E-state index contributed by atoms with van der Waals surface area (Å²) < 4.78 is 6.30. The zero-order chi connectivity index (χ0) is 25.5. The number of halogens is 1. The summed E-state index contributed by atoms with van der Waals surface area (Å²) in [6.07, 6.45) is 31.2. The normalized spacial score (nSPS) is 14.1. The van der Waals surface area contributed by atoms with Gasteiger partial charge in [-0.25, -0.2) is 0 Å². The fourth-order valence-electron chi connectivity index (χ4n) is 4.96. The van der Waals surface area contributed by atoms with Gasteiger partial charge < -0.3 is 4.43 Å². The van der Waals surface area contributed by atoms with Crippen molar-refractivity contribution in [3.63, 3.8) is 0 Å². The number of hydrogen-bond donors (Lipinski definition) is 0. The van der Waals surface area contributed by atoms with Crippen LogP contribution in [0.5, 0.6) is 0 Å². The highest BCUT2D eigenvalue weighted by molar-refractivity contribution is 9.09. The summed E-state index contributed by atoms with van der Waals surface area (Å²) in [5.41, 5.74) is 0.527. The first-order chi connectivity index (χ1) is 16.2. The molecular formula is C30H64BrOPSi. The highest BCUT2D eigenvalue weighted by Crippen LogP contribution is 2.32. The molecule has 0 heterocycles. The van der Waals surface area contributed by atoms with Gasteiger partial charge in [-0.1, -0.05) is 159 Å². The van der Waals surface area contributed by atoms with E-state index in [0.29, 0.717) is 5.41 Å². The molecule has 0 N–H and O–H groups in total. The molecule has 0 bridgehead atoms. The predicted molar refractivity (Wildman–Crippen MR) is 167 cm³/mol. The first-order valence-corrected chi connectivity index (χ1v) is 19.7. The Morgan fingerprint density at radius 3 is 1.09 bits per heavy atom. The first kappa shape index (κ1) is 35.1. The Morgan fingerprint density at radius 1 is 0.529 bits per heavy atom. The van der Waals surface area contributed by atoms with Crippen LogP contribution in [0.25, 0.3) is 0 Å². The molecule has 206 valence electrons. The molecule has 4 heteroatoms. The van der Waals surface area contributed by atoms with Gasteiger partial charge in [0, 0.05) is 5.33 Å². The minimum atomic E-state index is -0.974. The second-order valence-corrected chi connectivity index (χ2v) is 16.6. The minimum absolute atomic E-state index is 0.0373. The molecule has 0 saturated heterocycles. The number of alkyl halides is 1. The quantitative estimate of drug-likeness (QED) is 0.0452. The molecule has 1 nitrogen and oxygen atoms in total. The Labute approximate surface area is 229 Å². The Kier molecular flexibility index (Phi) is 24.0. The molecule has 0 saturated carbocycles. The smallest absolute Gasteiger partial charge is 0.172 e. The third-order valence-electron chi connectivity index (χ3n) is 7.01. The van der Waals surface area contributed by atoms with Crippen LogP contribution in [0.4, 0.5) is 0 Å². The van der Waals surface area contributed by atoms with E-state index in [1.807, 2.05) is 0 Å². The molecule has 34 heavy (non-hydrogen) atoms. The van der Waals surface area contributed by atoms with Gasteiger partial charge in [0.15, 0.2) is 9.04 Å². The monoisotopic (exact) mass is 578 g/mol. The Balaban J connectivity index is 3.28. The highest BCUT2D eigenvalue weighted by atomic mass is 79.9. The zero-order valence-corrected chi connectivity index (χ0v) is 28.1. The Hall–Kier alpha value is 1.09. The van der Waals surface area contributed by atoms with Gasteiger partial charge in [0.2, 0.25) is 0 Å². The molecule has 0 fully saturated rings. The van der Waals surface area contributed by atoms with Crippen LogP contribution >= 0.6 is 25.2 Å². The minimum Gasteiger partial charge on any atom is -0.412 e. The molecule has 2 unspecified atom stereocenters. The van der Waals surface area contributed by atoms with Crippen molar-refractivity contribution in [3.8, 4) is 0 Å². The summed E-state index contributed by atoms with van der Waals surface area (Å²) in [5.74, 6) is 0. The van der Waals surface area contributed by atoms with Crippen molar-refractivity contribution in [2.75, 3.05) is 5.33 Å². The van der Waals surface area contributed by atoms with E-state index < -0.39 is 9.04 Å². The van der Waals surface area contributed by atoms with Crippen LogP contribution in [0.1, 0.15) is 162 Å². The van der Waals surface area contributed by atoms with Crippen molar-refractivity contribution in [2.24, 2.45) is 5.41 Å². The molecule has 0 amide bonds. The summed E-state index contributed by atoms with van der Waals surface area (Å²) in [7, 11) is 2.05. The van der Waals surface area contributed by atoms with Crippen molar-refractivity contribution >= 4 is 34.2 Å². The van der Waals surface area contributed by atoms with E-state index in [1.54, 1.807) is 0 Å². The molecule has 0 rings (SSSR count). The SMILES string of the molecule is C[SiH](C)OC(P)(CCBr)CCCCCCCCCCCCCCCCCCCCCC(C)(C)C. The van der Waals surface area contributed by atoms with Gasteiger partial charge in [-0.05, 0) is 37.8 Å². The maximum Gasteiger partial charge on any atom is 0.172 e. The average Bonchev–Trinajstić information content (AvgIpc) is 2.73. The summed E-state index contributed by atoms with van der Waals surface area (Å²) in [5, 5.41) is 1.07. The van der Waals surface area contributed by atoms with E-state index in [-0.39, 0.29) is 5.34 Å². The molecular weight excluding hydrogens is 515 g/mol. The van der Waals surface area contributed by atoms with Crippen molar-refractivity contribution in [1.29, 1.82) is 0 Å². The molecule has 0 aliphatic carbocycles. The summed E-state index contributed by atoms with van der Waals surface area (Å²) >= 11 is 3.60. The van der Waals surface area contributed by atoms with Gasteiger partial charge in [-0.2, -0.15) is 0 Å². The average molecular weight is 580 g/mol. The van der Waals surface area contributed by atoms with Gasteiger partial charge >= 0.3 is 0 Å². The molecule has 0 aromatic carbocycles. The standard InChI is InChI=1S/C30H64BrOPSi/c1-29(2,3)25-23-21-19-17-15-13-11-9-7-6-8-10-12-14-16-18-20-22-24-26-30(33,27-28-31)32-34(4)5/h34H,6-28,33H2,1-5H3. The summed E-state index contributed by atoms with van der Waals surface area (Å²) in [6.45, 7) is 11.7. The van der Waals surface area contributed by atoms with E-state index >= 15 is 0 Å². The Bertz CT molecular complexity index is 427. The van der Waals surface area contributed by atoms with E-state index in [4.69, 9.17) is 4.43 Å². The van der Waals surface area contributed by atoms with E-state index in [0.717, 1.165) is 11.8 Å². The van der Waals surface area contributed by atoms with Gasteiger partial charge in [0.25, 0.3) is 0 Å². The predicted octanol–water partition coefficient (Wildman–Crippen LogP) is 11.6. The second-order valence-electron chi connectivity index (χ2n) is 12.4. The molecule has 0 aromatic heterocycles. The third-order valence-corrected chi connectivity index (χ3v) is 9.34. The number of rotatable bonds is 25. The van der Waals surface area contributed by atoms with Crippen LogP contribution in [0.15, 0.2) is 0 Å². The topological polar surface area (TPSA) is 9.23 Å². The first-order valence-electron chi connectivity index (χ1n) is 15.2. The highest BCUT2D eigenvalue weighted by Gasteiger charge is 2.25. The zero-order valence-electron chi connectivity index (χ0n) is 24.2. The largest absolute Gasteiger partial charge is 0.412 e. The van der Waals surface area contributed by atoms with Crippen LogP contribution in [0.3, 0.4) is 0 Å². The molecule has 0 spiro atoms. The van der Waals surface area contributed by atoms with Gasteiger partial charge in [-0.3, -0.25) is 0 Å². The fourth-order valence-corrected chi connectivity index (χ4v) is 8.39. The van der Waals surface area contributed by atoms with Crippen molar-refractivity contribution in [2.45, 2.75) is 180 Å². The third kappa shape index (κ3) is 26.2. The van der Waals surface area contributed by atoms with E-state index in [1.165, 1.54) is 135 Å². The summed E-state index contributed by atoms with van der Waals surface area (Å²) in [6, 6.07) is 0. The van der Waals surface area contributed by atoms with Gasteiger partial charge in [0.1, 0.15) is 0 Å². The van der Waals surface area contributed by atoms with E-state index in [2.05, 4.69) is 59.0 Å². The number of unbranched alkanes of at least 4 members (excludes halogenated alkanes) is 18. The summed E-state index contributed by atoms with van der Waals surface area (Å²) in [4.78, 5) is 0. The van der Waals surface area contributed by atoms with Crippen molar-refractivity contribution < 1.29 is 4.43 Å². The molecule has 0 radical (unpaired) electrons. The Morgan fingerprint density at radius 2 is 0.824 bits per heavy atom. The van der Waals surface area contributed by atoms with Crippen LogP contribution in [0, 0.1) is 5.41 Å². The van der Waals surface area contributed by atoms with Crippen molar-refractivity contribution in [3.05, 3.63) is 0 Å². The maximum absolute atomic E-state index is 6.30. The number of hydrogen-bond acceptors (Lipinski definition) is 1. The lowest BCUT2D eigenvalue weighted by Gasteiger charge is -2.32. The van der Waals surface area contributed by atoms with Crippen molar-refractivity contribution in [1.82, 2.24) is 0 Å². The molecule has 2 atom stereocenters. The molecule has 0 aliphatic rings. The van der Waals surface area contributed by atoms with Gasteiger partial charge in [0.05, 0.1) is 5.34 Å². The lowest BCUT2D eigenvalue weighted by Crippen LogP contribution is -2.30. The fraction of sp³-hybridized carbons (Fsp3) is 1.00. The second kappa shape index (κ2) is 23.2. The molecule has 0 aromatic rings. The van der Waals surface area contributed by atoms with Crippen LogP contribution < -0.4 is 0 Å². The van der Waals surface area contributed by atoms with Gasteiger partial charge in [-0.15, -0.1) is 9.24 Å². The lowest BCUT2D eigenvalue weighted by molar-refractivity contribution is 0.148. The molecule has 0 aliphatic heterocycles. The van der Waals surface area contributed by atoms with Crippen LogP contribution in [0.2, 0.25) is 13.1 Å².